The van der Waals surface area contributed by atoms with E-state index in [4.69, 9.17) is 22.6 Å². The van der Waals surface area contributed by atoms with E-state index in [9.17, 15) is 0 Å². The molecule has 17 heavy (non-hydrogen) atoms. The maximum Gasteiger partial charge on any atom is 0.130 e. The van der Waals surface area contributed by atoms with Crippen molar-refractivity contribution >= 4 is 28.8 Å². The van der Waals surface area contributed by atoms with Crippen LogP contribution in [0.2, 0.25) is 5.02 Å². The van der Waals surface area contributed by atoms with Gasteiger partial charge in [-0.2, -0.15) is 5.26 Å². The summed E-state index contributed by atoms with van der Waals surface area (Å²) < 4.78 is 0. The second-order valence-electron chi connectivity index (χ2n) is 3.41. The maximum atomic E-state index is 8.72. The van der Waals surface area contributed by atoms with Gasteiger partial charge >= 0.3 is 0 Å². The van der Waals surface area contributed by atoms with Crippen molar-refractivity contribution in [1.29, 1.82) is 5.26 Å². The van der Waals surface area contributed by atoms with Crippen LogP contribution in [-0.2, 0) is 0 Å². The number of hydrogen-bond acceptors (Lipinski definition) is 4. The second kappa shape index (κ2) is 4.73. The minimum atomic E-state index is 0.475. The van der Waals surface area contributed by atoms with Crippen LogP contribution in [0.15, 0.2) is 36.5 Å². The fraction of sp³-hybridized carbons (Fsp3) is 0. The first-order valence-electron chi connectivity index (χ1n) is 4.87. The van der Waals surface area contributed by atoms with Gasteiger partial charge in [0.05, 0.1) is 34.2 Å². The van der Waals surface area contributed by atoms with Gasteiger partial charge in [0, 0.05) is 0 Å². The van der Waals surface area contributed by atoms with E-state index in [0.29, 0.717) is 27.8 Å². The molecular weight excluding hydrogens is 236 g/mol. The number of nitrogens with one attached hydrogen (secondary N) is 1. The van der Waals surface area contributed by atoms with Crippen molar-refractivity contribution in [2.24, 2.45) is 0 Å². The van der Waals surface area contributed by atoms with Gasteiger partial charge in [-0.3, -0.25) is 0 Å². The molecule has 0 spiro atoms. The molecule has 4 nitrogen and oxygen atoms in total. The average Bonchev–Trinajstić information content (AvgIpc) is 2.34. The van der Waals surface area contributed by atoms with Gasteiger partial charge in [-0.15, -0.1) is 0 Å². The highest BCUT2D eigenvalue weighted by Gasteiger charge is 2.02. The van der Waals surface area contributed by atoms with E-state index in [1.54, 1.807) is 36.5 Å². The standard InChI is InChI=1S/C12H9ClN4/c13-10-5-8(6-14)1-3-11(10)17-12-4-2-9(15)7-16-12/h1-5,7H,15H2,(H,16,17). The number of nitrogens with two attached hydrogens (primary N) is 1. The van der Waals surface area contributed by atoms with Gasteiger partial charge in [0.15, 0.2) is 0 Å². The Morgan fingerprint density at radius 3 is 2.71 bits per heavy atom. The third-order valence-corrected chi connectivity index (χ3v) is 2.46. The largest absolute Gasteiger partial charge is 0.397 e. The first-order valence-corrected chi connectivity index (χ1v) is 5.25. The minimum absolute atomic E-state index is 0.475. The number of hydrogen-bond donors (Lipinski definition) is 2. The van der Waals surface area contributed by atoms with Crippen LogP contribution >= 0.6 is 11.6 Å². The molecule has 84 valence electrons. The molecule has 0 atom stereocenters. The highest BCUT2D eigenvalue weighted by molar-refractivity contribution is 6.33. The number of anilines is 3. The lowest BCUT2D eigenvalue weighted by Gasteiger charge is -2.07. The van der Waals surface area contributed by atoms with E-state index in [1.165, 1.54) is 0 Å². The van der Waals surface area contributed by atoms with Crippen molar-refractivity contribution in [3.8, 4) is 6.07 Å². The molecular formula is C12H9ClN4. The molecule has 0 aliphatic rings. The molecule has 0 saturated heterocycles. The predicted octanol–water partition coefficient (Wildman–Crippen LogP) is 2.93. The van der Waals surface area contributed by atoms with Gasteiger partial charge in [-0.1, -0.05) is 11.6 Å². The lowest BCUT2D eigenvalue weighted by atomic mass is 10.2. The molecule has 2 aromatic rings. The topological polar surface area (TPSA) is 74.7 Å². The van der Waals surface area contributed by atoms with E-state index in [1.807, 2.05) is 6.07 Å². The number of halogens is 1. The summed E-state index contributed by atoms with van der Waals surface area (Å²) in [4.78, 5) is 4.10. The Labute approximate surface area is 104 Å². The molecule has 0 aliphatic carbocycles. The van der Waals surface area contributed by atoms with Crippen molar-refractivity contribution in [2.45, 2.75) is 0 Å². The Kier molecular flexibility index (Phi) is 3.12. The normalized spacial score (nSPS) is 9.65. The van der Waals surface area contributed by atoms with Crippen LogP contribution in [0.3, 0.4) is 0 Å². The van der Waals surface area contributed by atoms with Crippen LogP contribution < -0.4 is 11.1 Å². The van der Waals surface area contributed by atoms with Crippen LogP contribution in [0.5, 0.6) is 0 Å². The Morgan fingerprint density at radius 2 is 2.12 bits per heavy atom. The van der Waals surface area contributed by atoms with Gasteiger partial charge in [-0.25, -0.2) is 4.98 Å². The average molecular weight is 245 g/mol. The quantitative estimate of drug-likeness (QED) is 0.852. The van der Waals surface area contributed by atoms with Crippen molar-refractivity contribution in [3.05, 3.63) is 47.1 Å². The zero-order valence-corrected chi connectivity index (χ0v) is 9.57. The Hall–Kier alpha value is -2.25. The van der Waals surface area contributed by atoms with E-state index in [2.05, 4.69) is 10.3 Å². The third-order valence-electron chi connectivity index (χ3n) is 2.15. The Bertz CT molecular complexity index is 572. The molecule has 1 aromatic carbocycles. The van der Waals surface area contributed by atoms with Crippen LogP contribution in [0.25, 0.3) is 0 Å². The first-order chi connectivity index (χ1) is 8.19. The Balaban J connectivity index is 2.25. The van der Waals surface area contributed by atoms with E-state index in [0.717, 1.165) is 0 Å². The van der Waals surface area contributed by atoms with Crippen molar-refractivity contribution in [1.82, 2.24) is 4.98 Å². The van der Waals surface area contributed by atoms with Gasteiger partial charge in [0.25, 0.3) is 0 Å². The Morgan fingerprint density at radius 1 is 1.29 bits per heavy atom. The number of nitriles is 1. The highest BCUT2D eigenvalue weighted by atomic mass is 35.5. The summed E-state index contributed by atoms with van der Waals surface area (Å²) >= 11 is 6.02. The van der Waals surface area contributed by atoms with E-state index >= 15 is 0 Å². The molecule has 0 fully saturated rings. The van der Waals surface area contributed by atoms with Crippen LogP contribution in [0.4, 0.5) is 17.2 Å². The van der Waals surface area contributed by atoms with Crippen molar-refractivity contribution in [3.63, 3.8) is 0 Å². The molecule has 0 saturated carbocycles. The summed E-state index contributed by atoms with van der Waals surface area (Å²) in [5.74, 6) is 0.644. The zero-order chi connectivity index (χ0) is 12.3. The summed E-state index contributed by atoms with van der Waals surface area (Å²) in [5.41, 5.74) is 7.35. The maximum absolute atomic E-state index is 8.72. The molecule has 2 rings (SSSR count). The van der Waals surface area contributed by atoms with Crippen LogP contribution in [0, 0.1) is 11.3 Å². The molecule has 0 unspecified atom stereocenters. The minimum Gasteiger partial charge on any atom is -0.397 e. The van der Waals surface area contributed by atoms with Crippen molar-refractivity contribution < 1.29 is 0 Å². The first kappa shape index (κ1) is 11.2. The highest BCUT2D eigenvalue weighted by Crippen LogP contribution is 2.25. The lowest BCUT2D eigenvalue weighted by Crippen LogP contribution is -1.95. The van der Waals surface area contributed by atoms with E-state index in [-0.39, 0.29) is 0 Å². The SMILES string of the molecule is N#Cc1ccc(Nc2ccc(N)cn2)c(Cl)c1. The molecule has 3 N–H and O–H groups in total. The second-order valence-corrected chi connectivity index (χ2v) is 3.82. The number of nitrogens with zero attached hydrogens (tertiary/aromatic N) is 2. The smallest absolute Gasteiger partial charge is 0.130 e. The fourth-order valence-corrected chi connectivity index (χ4v) is 1.53. The van der Waals surface area contributed by atoms with Crippen molar-refractivity contribution in [2.75, 3.05) is 11.1 Å². The monoisotopic (exact) mass is 244 g/mol. The summed E-state index contributed by atoms with van der Waals surface area (Å²) in [6, 6.07) is 10.5. The van der Waals surface area contributed by atoms with Gasteiger partial charge in [-0.05, 0) is 30.3 Å². The summed E-state index contributed by atoms with van der Waals surface area (Å²) in [7, 11) is 0. The lowest BCUT2D eigenvalue weighted by molar-refractivity contribution is 1.31. The molecule has 0 bridgehead atoms. The summed E-state index contributed by atoms with van der Waals surface area (Å²) in [6.45, 7) is 0. The number of aromatic nitrogens is 1. The predicted molar refractivity (Wildman–Crippen MR) is 68.1 cm³/mol. The summed E-state index contributed by atoms with van der Waals surface area (Å²) in [5, 5.41) is 12.2. The molecule has 5 heteroatoms. The molecule has 1 aromatic heterocycles. The zero-order valence-electron chi connectivity index (χ0n) is 8.81. The summed E-state index contributed by atoms with van der Waals surface area (Å²) in [6.07, 6.45) is 1.56. The van der Waals surface area contributed by atoms with Gasteiger partial charge in [0.1, 0.15) is 5.82 Å². The van der Waals surface area contributed by atoms with Crippen LogP contribution in [-0.4, -0.2) is 4.98 Å². The molecule has 0 amide bonds. The van der Waals surface area contributed by atoms with Crippen LogP contribution in [0.1, 0.15) is 5.56 Å². The number of nitrogen functional groups attached to an aromatic ring is 1. The number of pyridine rings is 1. The third kappa shape index (κ3) is 2.65. The number of benzene rings is 1. The fourth-order valence-electron chi connectivity index (χ4n) is 1.30. The van der Waals surface area contributed by atoms with Gasteiger partial charge in [0.2, 0.25) is 0 Å². The van der Waals surface area contributed by atoms with E-state index < -0.39 is 0 Å². The molecule has 1 heterocycles. The van der Waals surface area contributed by atoms with Gasteiger partial charge < -0.3 is 11.1 Å². The molecule has 0 radical (unpaired) electrons. The number of rotatable bonds is 2. The molecule has 0 aliphatic heterocycles.